The summed E-state index contributed by atoms with van der Waals surface area (Å²) in [5, 5.41) is 3.53. The molecule has 0 radical (unpaired) electrons. The molecule has 0 aliphatic heterocycles. The smallest absolute Gasteiger partial charge is 0.264 e. The van der Waals surface area contributed by atoms with Crippen LogP contribution in [0.5, 0.6) is 0 Å². The zero-order chi connectivity index (χ0) is 27.7. The third-order valence-corrected chi connectivity index (χ3v) is 8.25. The van der Waals surface area contributed by atoms with Crippen molar-refractivity contribution < 1.29 is 18.0 Å². The van der Waals surface area contributed by atoms with E-state index >= 15 is 0 Å². The molecular formula is C28H31Cl2N3O4S. The van der Waals surface area contributed by atoms with Crippen LogP contribution in [-0.4, -0.2) is 50.8 Å². The van der Waals surface area contributed by atoms with Crippen LogP contribution in [0.4, 0.5) is 5.69 Å². The first kappa shape index (κ1) is 29.5. The second-order valence-corrected chi connectivity index (χ2v) is 11.5. The van der Waals surface area contributed by atoms with E-state index in [9.17, 15) is 18.0 Å². The molecule has 0 aromatic heterocycles. The Balaban J connectivity index is 1.96. The minimum absolute atomic E-state index is 0.0285. The van der Waals surface area contributed by atoms with E-state index in [-0.39, 0.29) is 23.0 Å². The van der Waals surface area contributed by atoms with Crippen LogP contribution in [0.15, 0.2) is 83.8 Å². The minimum Gasteiger partial charge on any atom is -0.354 e. The number of benzene rings is 3. The second kappa shape index (κ2) is 13.6. The van der Waals surface area contributed by atoms with Crippen molar-refractivity contribution in [2.75, 3.05) is 23.9 Å². The summed E-state index contributed by atoms with van der Waals surface area (Å²) in [6.45, 7) is 3.77. The Bertz CT molecular complexity index is 1340. The van der Waals surface area contributed by atoms with Crippen LogP contribution in [0.2, 0.25) is 10.0 Å². The van der Waals surface area contributed by atoms with Crippen molar-refractivity contribution in [3.05, 3.63) is 94.5 Å². The van der Waals surface area contributed by atoms with Gasteiger partial charge in [-0.05, 0) is 67.8 Å². The highest BCUT2D eigenvalue weighted by Gasteiger charge is 2.32. The molecule has 1 N–H and O–H groups in total. The minimum atomic E-state index is -4.18. The fraction of sp³-hybridized carbons (Fsp3) is 0.286. The van der Waals surface area contributed by atoms with Crippen molar-refractivity contribution in [1.29, 1.82) is 0 Å². The van der Waals surface area contributed by atoms with Gasteiger partial charge in [-0.2, -0.15) is 0 Å². The first-order chi connectivity index (χ1) is 18.1. The lowest BCUT2D eigenvalue weighted by molar-refractivity contribution is -0.138. The topological polar surface area (TPSA) is 86.8 Å². The van der Waals surface area contributed by atoms with Crippen LogP contribution < -0.4 is 9.62 Å². The van der Waals surface area contributed by atoms with Gasteiger partial charge in [-0.1, -0.05) is 66.5 Å². The van der Waals surface area contributed by atoms with Gasteiger partial charge in [0.25, 0.3) is 10.0 Å². The number of nitrogens with zero attached hydrogens (tertiary/aromatic N) is 2. The Morgan fingerprint density at radius 2 is 1.61 bits per heavy atom. The Morgan fingerprint density at radius 1 is 0.921 bits per heavy atom. The Labute approximate surface area is 234 Å². The van der Waals surface area contributed by atoms with E-state index in [1.54, 1.807) is 25.1 Å². The van der Waals surface area contributed by atoms with Gasteiger partial charge in [0.05, 0.1) is 10.6 Å². The highest BCUT2D eigenvalue weighted by molar-refractivity contribution is 7.92. The lowest BCUT2D eigenvalue weighted by Gasteiger charge is -2.32. The predicted octanol–water partition coefficient (Wildman–Crippen LogP) is 5.17. The van der Waals surface area contributed by atoms with Gasteiger partial charge in [-0.15, -0.1) is 0 Å². The molecular weight excluding hydrogens is 545 g/mol. The zero-order valence-electron chi connectivity index (χ0n) is 21.3. The molecule has 10 heteroatoms. The number of rotatable bonds is 12. The normalized spacial score (nSPS) is 12.0. The van der Waals surface area contributed by atoms with Crippen LogP contribution in [0, 0.1) is 0 Å². The number of amides is 2. The number of carbonyl (C=O) groups excluding carboxylic acids is 2. The standard InChI is InChI=1S/C28H31Cl2N3O4S/c1-3-17-31-28(35)21(2)32(18-16-22-8-5-4-6-9-22)27(34)20-33(25-11-7-10-24(30)19-25)38(36,37)26-14-12-23(29)13-15-26/h4-15,19,21H,3,16-18,20H2,1-2H3,(H,31,35)/t21-/m0/s1. The predicted molar refractivity (Wildman–Crippen MR) is 152 cm³/mol. The maximum absolute atomic E-state index is 13.8. The molecule has 38 heavy (non-hydrogen) atoms. The largest absolute Gasteiger partial charge is 0.354 e. The van der Waals surface area contributed by atoms with Gasteiger partial charge in [0.15, 0.2) is 0 Å². The molecule has 7 nitrogen and oxygen atoms in total. The first-order valence-electron chi connectivity index (χ1n) is 12.3. The van der Waals surface area contributed by atoms with E-state index in [1.165, 1.54) is 35.2 Å². The molecule has 202 valence electrons. The lowest BCUT2D eigenvalue weighted by Crippen LogP contribution is -2.52. The van der Waals surface area contributed by atoms with Crippen LogP contribution in [0.1, 0.15) is 25.8 Å². The van der Waals surface area contributed by atoms with Gasteiger partial charge < -0.3 is 10.2 Å². The Morgan fingerprint density at radius 3 is 2.24 bits per heavy atom. The molecule has 0 spiro atoms. The van der Waals surface area contributed by atoms with Crippen LogP contribution in [0.25, 0.3) is 0 Å². The third kappa shape index (κ3) is 7.72. The maximum Gasteiger partial charge on any atom is 0.264 e. The summed E-state index contributed by atoms with van der Waals surface area (Å²) >= 11 is 12.1. The zero-order valence-corrected chi connectivity index (χ0v) is 23.6. The molecule has 0 bridgehead atoms. The first-order valence-corrected chi connectivity index (χ1v) is 14.5. The Hall–Kier alpha value is -3.07. The van der Waals surface area contributed by atoms with Crippen molar-refractivity contribution in [2.45, 2.75) is 37.6 Å². The van der Waals surface area contributed by atoms with Gasteiger partial charge in [0.2, 0.25) is 11.8 Å². The lowest BCUT2D eigenvalue weighted by atomic mass is 10.1. The summed E-state index contributed by atoms with van der Waals surface area (Å²) in [6, 6.07) is 20.8. The quantitative estimate of drug-likeness (QED) is 0.322. The summed E-state index contributed by atoms with van der Waals surface area (Å²) in [5.41, 5.74) is 1.22. The number of carbonyl (C=O) groups is 2. The molecule has 3 rings (SSSR count). The molecule has 3 aromatic carbocycles. The summed E-state index contributed by atoms with van der Waals surface area (Å²) in [4.78, 5) is 28.0. The number of hydrogen-bond acceptors (Lipinski definition) is 4. The molecule has 0 saturated carbocycles. The van der Waals surface area contributed by atoms with E-state index in [1.807, 2.05) is 37.3 Å². The molecule has 0 aliphatic rings. The van der Waals surface area contributed by atoms with Gasteiger partial charge in [-0.25, -0.2) is 8.42 Å². The van der Waals surface area contributed by atoms with Gasteiger partial charge >= 0.3 is 0 Å². The van der Waals surface area contributed by atoms with Crippen molar-refractivity contribution in [1.82, 2.24) is 10.2 Å². The molecule has 0 fully saturated rings. The number of anilines is 1. The number of halogens is 2. The van der Waals surface area contributed by atoms with Crippen LogP contribution >= 0.6 is 23.2 Å². The van der Waals surface area contributed by atoms with Gasteiger partial charge in [0, 0.05) is 23.1 Å². The summed E-state index contributed by atoms with van der Waals surface area (Å²) in [5.74, 6) is -0.819. The fourth-order valence-corrected chi connectivity index (χ4v) is 5.58. The average Bonchev–Trinajstić information content (AvgIpc) is 2.91. The monoisotopic (exact) mass is 575 g/mol. The highest BCUT2D eigenvalue weighted by atomic mass is 35.5. The number of sulfonamides is 1. The van der Waals surface area contributed by atoms with Gasteiger partial charge in [-0.3, -0.25) is 13.9 Å². The molecule has 3 aromatic rings. The van der Waals surface area contributed by atoms with E-state index < -0.39 is 28.5 Å². The molecule has 0 saturated heterocycles. The summed E-state index contributed by atoms with van der Waals surface area (Å²) in [7, 11) is -4.18. The summed E-state index contributed by atoms with van der Waals surface area (Å²) in [6.07, 6.45) is 1.25. The van der Waals surface area contributed by atoms with E-state index in [0.717, 1.165) is 16.3 Å². The summed E-state index contributed by atoms with van der Waals surface area (Å²) < 4.78 is 28.5. The maximum atomic E-state index is 13.8. The van der Waals surface area contributed by atoms with Crippen molar-refractivity contribution in [3.8, 4) is 0 Å². The van der Waals surface area contributed by atoms with Crippen molar-refractivity contribution in [2.24, 2.45) is 0 Å². The van der Waals surface area contributed by atoms with E-state index in [2.05, 4.69) is 5.32 Å². The number of nitrogens with one attached hydrogen (secondary N) is 1. The molecule has 0 aliphatic carbocycles. The molecule has 1 atom stereocenters. The fourth-order valence-electron chi connectivity index (χ4n) is 3.86. The van der Waals surface area contributed by atoms with Crippen LogP contribution in [-0.2, 0) is 26.0 Å². The highest BCUT2D eigenvalue weighted by Crippen LogP contribution is 2.27. The molecule has 0 unspecified atom stereocenters. The van der Waals surface area contributed by atoms with Crippen molar-refractivity contribution >= 4 is 50.7 Å². The number of hydrogen-bond donors (Lipinski definition) is 1. The Kier molecular flexibility index (Phi) is 10.6. The van der Waals surface area contributed by atoms with Crippen molar-refractivity contribution in [3.63, 3.8) is 0 Å². The molecule has 0 heterocycles. The second-order valence-electron chi connectivity index (χ2n) is 8.74. The third-order valence-electron chi connectivity index (χ3n) is 5.98. The SMILES string of the molecule is CCCNC(=O)[C@H](C)N(CCc1ccccc1)C(=O)CN(c1cccc(Cl)c1)S(=O)(=O)c1ccc(Cl)cc1. The molecule has 2 amide bonds. The van der Waals surface area contributed by atoms with Crippen LogP contribution in [0.3, 0.4) is 0 Å². The van der Waals surface area contributed by atoms with Gasteiger partial charge in [0.1, 0.15) is 12.6 Å². The van der Waals surface area contributed by atoms with E-state index in [4.69, 9.17) is 23.2 Å². The van der Waals surface area contributed by atoms with E-state index in [0.29, 0.717) is 23.0 Å². The average molecular weight is 577 g/mol.